The number of carbonyl (C=O) groups excluding carboxylic acids is 1. The number of para-hydroxylation sites is 2. The highest BCUT2D eigenvalue weighted by molar-refractivity contribution is 7.89. The quantitative estimate of drug-likeness (QED) is 0.208. The highest BCUT2D eigenvalue weighted by atomic mass is 32.2. The van der Waals surface area contributed by atoms with Gasteiger partial charge in [-0.05, 0) is 49.4 Å². The molecule has 3 aromatic carbocycles. The number of rotatable bonds is 8. The van der Waals surface area contributed by atoms with Gasteiger partial charge in [-0.15, -0.1) is 0 Å². The lowest BCUT2D eigenvalue weighted by atomic mass is 10.1. The average molecular weight is 608 g/mol. The lowest BCUT2D eigenvalue weighted by molar-refractivity contribution is -0.112. The van der Waals surface area contributed by atoms with Crippen molar-refractivity contribution < 1.29 is 13.2 Å². The zero-order chi connectivity index (χ0) is 31.6. The lowest BCUT2D eigenvalue weighted by Gasteiger charge is -2.12. The first-order chi connectivity index (χ1) is 21.0. The molecule has 5 aromatic rings. The van der Waals surface area contributed by atoms with E-state index in [1.807, 2.05) is 42.5 Å². The largest absolute Gasteiger partial charge is 0.315 e. The maximum Gasteiger partial charge on any atom is 0.295 e. The number of nitrogens with one attached hydrogen (secondary N) is 1. The molecule has 0 aliphatic carbocycles. The van der Waals surface area contributed by atoms with E-state index in [2.05, 4.69) is 5.32 Å². The van der Waals surface area contributed by atoms with E-state index in [9.17, 15) is 23.3 Å². The van der Waals surface area contributed by atoms with E-state index >= 15 is 0 Å². The number of hydrogen-bond donors (Lipinski definition) is 1. The Morgan fingerprint density at radius 1 is 0.977 bits per heavy atom. The number of nitrogens with zero attached hydrogens (tertiary/aromatic N) is 6. The van der Waals surface area contributed by atoms with E-state index < -0.39 is 21.5 Å². The molecule has 44 heavy (non-hydrogen) atoms. The molecule has 0 bridgehead atoms. The van der Waals surface area contributed by atoms with Crippen molar-refractivity contribution in [3.8, 4) is 28.7 Å². The normalized spacial score (nSPS) is 11.9. The number of sulfonamides is 1. The zero-order valence-corrected chi connectivity index (χ0v) is 25.3. The Morgan fingerprint density at radius 2 is 1.61 bits per heavy atom. The van der Waals surface area contributed by atoms with E-state index in [-0.39, 0.29) is 16.2 Å². The second-order valence-electron chi connectivity index (χ2n) is 10.1. The SMILES string of the molecule is Cc1c(NC(=O)/C(C#N)=C\c2cn(-c3ccccc3)nc2-c2cccc(S(=O)(=O)N(C)C)c2)c(=O)n(-c2ccccc2)n1C. The van der Waals surface area contributed by atoms with Crippen molar-refractivity contribution in [2.75, 3.05) is 19.4 Å². The number of hydrogen-bond acceptors (Lipinski definition) is 6. The molecule has 2 heterocycles. The third kappa shape index (κ3) is 5.61. The summed E-state index contributed by atoms with van der Waals surface area (Å²) in [5.74, 6) is -0.777. The van der Waals surface area contributed by atoms with Gasteiger partial charge in [0.2, 0.25) is 10.0 Å². The van der Waals surface area contributed by atoms with Crippen LogP contribution in [0.25, 0.3) is 28.7 Å². The Kier molecular flexibility index (Phi) is 8.17. The molecule has 0 saturated heterocycles. The van der Waals surface area contributed by atoms with Crippen molar-refractivity contribution in [3.63, 3.8) is 0 Å². The summed E-state index contributed by atoms with van der Waals surface area (Å²) in [6.45, 7) is 1.70. The molecule has 0 aliphatic rings. The van der Waals surface area contributed by atoms with Gasteiger partial charge in [-0.25, -0.2) is 22.1 Å². The second kappa shape index (κ2) is 12.0. The molecule has 0 spiro atoms. The summed E-state index contributed by atoms with van der Waals surface area (Å²) >= 11 is 0. The number of aromatic nitrogens is 4. The topological polar surface area (TPSA) is 135 Å². The summed E-state index contributed by atoms with van der Waals surface area (Å²) in [4.78, 5) is 26.8. The first-order valence-electron chi connectivity index (χ1n) is 13.5. The minimum absolute atomic E-state index is 0.0456. The van der Waals surface area contributed by atoms with Crippen molar-refractivity contribution >= 4 is 27.7 Å². The van der Waals surface area contributed by atoms with Gasteiger partial charge in [0, 0.05) is 38.5 Å². The smallest absolute Gasteiger partial charge is 0.295 e. The predicted octanol–water partition coefficient (Wildman–Crippen LogP) is 4.13. The highest BCUT2D eigenvalue weighted by Gasteiger charge is 2.22. The lowest BCUT2D eigenvalue weighted by Crippen LogP contribution is -2.23. The van der Waals surface area contributed by atoms with Crippen LogP contribution < -0.4 is 10.9 Å². The Balaban J connectivity index is 1.58. The molecular weight excluding hydrogens is 578 g/mol. The molecular formula is C32H29N7O4S. The average Bonchev–Trinajstić information content (AvgIpc) is 3.55. The van der Waals surface area contributed by atoms with E-state index in [4.69, 9.17) is 5.10 Å². The second-order valence-corrected chi connectivity index (χ2v) is 12.2. The van der Waals surface area contributed by atoms with E-state index in [1.54, 1.807) is 65.9 Å². The predicted molar refractivity (Wildman–Crippen MR) is 168 cm³/mol. The van der Waals surface area contributed by atoms with Crippen LogP contribution >= 0.6 is 0 Å². The molecule has 1 amide bonds. The van der Waals surface area contributed by atoms with Crippen LogP contribution in [-0.2, 0) is 21.9 Å². The van der Waals surface area contributed by atoms with Crippen LogP contribution in [0, 0.1) is 18.3 Å². The maximum absolute atomic E-state index is 13.4. The number of nitriles is 1. The molecule has 0 saturated carbocycles. The standard InChI is InChI=1S/C32H29N7O4S/c1-22-29(32(41)39(37(22)4)27-15-9-6-10-16-27)34-31(40)24(20-33)18-25-21-38(26-13-7-5-8-14-26)35-30(25)23-12-11-17-28(19-23)44(42,43)36(2)3/h5-19,21H,1-4H3,(H,34,40)/b24-18-. The fourth-order valence-electron chi connectivity index (χ4n) is 4.64. The van der Waals surface area contributed by atoms with Crippen molar-refractivity contribution in [3.05, 3.63) is 118 Å². The van der Waals surface area contributed by atoms with Gasteiger partial charge in [0.05, 0.1) is 22.0 Å². The molecule has 11 nitrogen and oxygen atoms in total. The molecule has 0 radical (unpaired) electrons. The fourth-order valence-corrected chi connectivity index (χ4v) is 5.59. The van der Waals surface area contributed by atoms with Crippen LogP contribution in [0.1, 0.15) is 11.3 Å². The third-order valence-corrected chi connectivity index (χ3v) is 8.92. The third-order valence-electron chi connectivity index (χ3n) is 7.11. The van der Waals surface area contributed by atoms with Gasteiger partial charge in [0.15, 0.2) is 0 Å². The van der Waals surface area contributed by atoms with Gasteiger partial charge in [-0.1, -0.05) is 48.5 Å². The Morgan fingerprint density at radius 3 is 2.23 bits per heavy atom. The molecule has 2 aromatic heterocycles. The molecule has 0 unspecified atom stereocenters. The molecule has 0 atom stereocenters. The number of carbonyl (C=O) groups is 1. The molecule has 222 valence electrons. The van der Waals surface area contributed by atoms with Crippen LogP contribution in [0.4, 0.5) is 5.69 Å². The molecule has 0 fully saturated rings. The van der Waals surface area contributed by atoms with Gasteiger partial charge >= 0.3 is 0 Å². The Bertz CT molecular complexity index is 2100. The first kappa shape index (κ1) is 30.0. The molecule has 1 N–H and O–H groups in total. The number of benzene rings is 3. The summed E-state index contributed by atoms with van der Waals surface area (Å²) in [7, 11) is 0.857. The summed E-state index contributed by atoms with van der Waals surface area (Å²) in [5, 5.41) is 17.3. The number of amides is 1. The monoisotopic (exact) mass is 607 g/mol. The van der Waals surface area contributed by atoms with Gasteiger partial charge < -0.3 is 5.32 Å². The zero-order valence-electron chi connectivity index (χ0n) is 24.5. The summed E-state index contributed by atoms with van der Waals surface area (Å²) in [6, 6.07) is 26.4. The highest BCUT2D eigenvalue weighted by Crippen LogP contribution is 2.28. The van der Waals surface area contributed by atoms with E-state index in [1.165, 1.54) is 37.0 Å². The van der Waals surface area contributed by atoms with Gasteiger partial charge in [-0.3, -0.25) is 14.3 Å². The van der Waals surface area contributed by atoms with Crippen molar-refractivity contribution in [1.82, 2.24) is 23.4 Å². The van der Waals surface area contributed by atoms with Gasteiger partial charge in [-0.2, -0.15) is 10.4 Å². The summed E-state index contributed by atoms with van der Waals surface area (Å²) in [5.41, 5.74) is 2.38. The van der Waals surface area contributed by atoms with Crippen LogP contribution in [0.2, 0.25) is 0 Å². The molecule has 12 heteroatoms. The van der Waals surface area contributed by atoms with Crippen LogP contribution in [0.3, 0.4) is 0 Å². The van der Waals surface area contributed by atoms with Gasteiger partial charge in [0.25, 0.3) is 11.5 Å². The van der Waals surface area contributed by atoms with E-state index in [0.29, 0.717) is 28.2 Å². The first-order valence-corrected chi connectivity index (χ1v) is 14.9. The minimum Gasteiger partial charge on any atom is -0.315 e. The number of anilines is 1. The van der Waals surface area contributed by atoms with Crippen molar-refractivity contribution in [1.29, 1.82) is 5.26 Å². The molecule has 5 rings (SSSR count). The summed E-state index contributed by atoms with van der Waals surface area (Å²) in [6.07, 6.45) is 3.02. The minimum atomic E-state index is -3.74. The van der Waals surface area contributed by atoms with E-state index in [0.717, 1.165) is 9.99 Å². The van der Waals surface area contributed by atoms with Crippen molar-refractivity contribution in [2.45, 2.75) is 11.8 Å². The van der Waals surface area contributed by atoms with Crippen LogP contribution in [-0.4, -0.2) is 51.9 Å². The fraction of sp³-hybridized carbons (Fsp3) is 0.125. The van der Waals surface area contributed by atoms with Gasteiger partial charge in [0.1, 0.15) is 23.0 Å². The molecule has 0 aliphatic heterocycles. The van der Waals surface area contributed by atoms with Crippen LogP contribution in [0.15, 0.2) is 106 Å². The Labute approximate surface area is 254 Å². The maximum atomic E-state index is 13.4. The Hall–Kier alpha value is -5.51. The summed E-state index contributed by atoms with van der Waals surface area (Å²) < 4.78 is 31.5. The van der Waals surface area contributed by atoms with Crippen molar-refractivity contribution in [2.24, 2.45) is 7.05 Å². The van der Waals surface area contributed by atoms with Crippen LogP contribution in [0.5, 0.6) is 0 Å².